The van der Waals surface area contributed by atoms with Crippen molar-refractivity contribution in [3.05, 3.63) is 52.4 Å². The van der Waals surface area contributed by atoms with Crippen LogP contribution in [0.25, 0.3) is 15.9 Å². The molecule has 2 atom stereocenters. The van der Waals surface area contributed by atoms with Gasteiger partial charge in [0.2, 0.25) is 0 Å². The molecule has 1 fully saturated rings. The van der Waals surface area contributed by atoms with Crippen molar-refractivity contribution in [2.45, 2.75) is 44.2 Å². The molecule has 2 N–H and O–H groups in total. The summed E-state index contributed by atoms with van der Waals surface area (Å²) in [7, 11) is 0. The molecule has 0 amide bonds. The van der Waals surface area contributed by atoms with Gasteiger partial charge >= 0.3 is 0 Å². The number of rotatable bonds is 4. The first-order valence-corrected chi connectivity index (χ1v) is 11.1. The van der Waals surface area contributed by atoms with Gasteiger partial charge in [-0.15, -0.1) is 0 Å². The van der Waals surface area contributed by atoms with E-state index in [2.05, 4.69) is 49.5 Å². The van der Waals surface area contributed by atoms with Gasteiger partial charge in [-0.2, -0.15) is 5.10 Å². The predicted octanol–water partition coefficient (Wildman–Crippen LogP) is 4.41. The fourth-order valence-corrected chi connectivity index (χ4v) is 5.09. The summed E-state index contributed by atoms with van der Waals surface area (Å²) >= 11 is 5.07. The number of benzene rings is 1. The van der Waals surface area contributed by atoms with Crippen molar-refractivity contribution in [1.82, 2.24) is 19.6 Å². The normalized spacial score (nSPS) is 20.1. The molecule has 0 radical (unpaired) electrons. The maximum Gasteiger partial charge on any atom is 0.184 e. The van der Waals surface area contributed by atoms with Crippen LogP contribution in [0.5, 0.6) is 0 Å². The molecule has 1 aromatic carbocycles. The summed E-state index contributed by atoms with van der Waals surface area (Å²) in [5.41, 5.74) is 4.07. The molecule has 0 saturated heterocycles. The molecule has 1 aliphatic carbocycles. The number of fused-ring (bicyclic) bond motifs is 2. The lowest BCUT2D eigenvalue weighted by Crippen LogP contribution is -2.36. The minimum absolute atomic E-state index is 0.108. The van der Waals surface area contributed by atoms with Crippen LogP contribution in [-0.2, 0) is 6.42 Å². The molecule has 3 aromatic heterocycles. The van der Waals surface area contributed by atoms with Crippen LogP contribution >= 0.6 is 27.3 Å². The first kappa shape index (κ1) is 18.0. The van der Waals surface area contributed by atoms with Crippen molar-refractivity contribution in [1.29, 1.82) is 0 Å². The van der Waals surface area contributed by atoms with Gasteiger partial charge in [0.25, 0.3) is 0 Å². The summed E-state index contributed by atoms with van der Waals surface area (Å²) < 4.78 is 3.81. The van der Waals surface area contributed by atoms with Gasteiger partial charge in [-0.05, 0) is 58.6 Å². The Morgan fingerprint density at radius 2 is 2.11 bits per heavy atom. The van der Waals surface area contributed by atoms with Crippen LogP contribution in [-0.4, -0.2) is 36.8 Å². The summed E-state index contributed by atoms with van der Waals surface area (Å²) in [5, 5.41) is 19.0. The lowest BCUT2D eigenvalue weighted by atomic mass is 9.93. The van der Waals surface area contributed by atoms with E-state index in [1.54, 1.807) is 11.3 Å². The van der Waals surface area contributed by atoms with Gasteiger partial charge in [-0.1, -0.05) is 30.2 Å². The third kappa shape index (κ3) is 3.52. The van der Waals surface area contributed by atoms with E-state index in [0.717, 1.165) is 63.4 Å². The highest BCUT2D eigenvalue weighted by Gasteiger charge is 2.23. The summed E-state index contributed by atoms with van der Waals surface area (Å²) in [4.78, 5) is 9.13. The van der Waals surface area contributed by atoms with Crippen molar-refractivity contribution in [3.63, 3.8) is 0 Å². The Morgan fingerprint density at radius 1 is 1.21 bits per heavy atom. The smallest absolute Gasteiger partial charge is 0.184 e. The van der Waals surface area contributed by atoms with Crippen LogP contribution < -0.4 is 5.32 Å². The third-order valence-corrected chi connectivity index (χ3v) is 6.65. The molecule has 1 aliphatic rings. The first-order valence-electron chi connectivity index (χ1n) is 9.49. The Hall–Kier alpha value is -2.03. The Kier molecular flexibility index (Phi) is 4.78. The summed E-state index contributed by atoms with van der Waals surface area (Å²) in [5.74, 6) is 0. The van der Waals surface area contributed by atoms with Gasteiger partial charge in [0, 0.05) is 6.42 Å². The van der Waals surface area contributed by atoms with E-state index in [0.29, 0.717) is 0 Å². The number of hydrogen-bond donors (Lipinski definition) is 2. The SMILES string of the molecule is O[C@@H]1CCCCC1Nc1nc2ccc(Cc3cnc4ccc(Br)nn34)cc2s1. The van der Waals surface area contributed by atoms with E-state index in [-0.39, 0.29) is 12.1 Å². The number of aliphatic hydroxyl groups is 1. The predicted molar refractivity (Wildman–Crippen MR) is 115 cm³/mol. The summed E-state index contributed by atoms with van der Waals surface area (Å²) in [6.45, 7) is 0. The maximum atomic E-state index is 10.2. The molecule has 1 saturated carbocycles. The van der Waals surface area contributed by atoms with Crippen molar-refractivity contribution in [2.75, 3.05) is 5.32 Å². The minimum Gasteiger partial charge on any atom is -0.391 e. The molecule has 144 valence electrons. The van der Waals surface area contributed by atoms with Crippen molar-refractivity contribution in [3.8, 4) is 0 Å². The molecule has 6 nitrogen and oxygen atoms in total. The van der Waals surface area contributed by atoms with Crippen LogP contribution in [0, 0.1) is 0 Å². The maximum absolute atomic E-state index is 10.2. The standard InChI is InChI=1S/C20H20BrN5OS/c21-18-7-8-19-22-11-13(26(19)25-18)9-12-5-6-15-17(10-12)28-20(24-15)23-14-3-1-2-4-16(14)27/h5-8,10-11,14,16,27H,1-4,9H2,(H,23,24)/t14?,16-/m1/s1. The zero-order valence-corrected chi connectivity index (χ0v) is 17.6. The van der Waals surface area contributed by atoms with E-state index in [9.17, 15) is 5.11 Å². The highest BCUT2D eigenvalue weighted by molar-refractivity contribution is 9.10. The molecule has 4 aromatic rings. The largest absolute Gasteiger partial charge is 0.391 e. The Balaban J connectivity index is 1.39. The van der Waals surface area contributed by atoms with Gasteiger partial charge in [0.1, 0.15) is 4.60 Å². The lowest BCUT2D eigenvalue weighted by Gasteiger charge is -2.27. The van der Waals surface area contributed by atoms with Gasteiger partial charge in [-0.25, -0.2) is 14.5 Å². The number of thiazole rings is 1. The van der Waals surface area contributed by atoms with Crippen LogP contribution in [0.1, 0.15) is 36.9 Å². The topological polar surface area (TPSA) is 75.3 Å². The zero-order valence-electron chi connectivity index (χ0n) is 15.2. The monoisotopic (exact) mass is 457 g/mol. The van der Waals surface area contributed by atoms with Gasteiger partial charge in [-0.3, -0.25) is 0 Å². The summed E-state index contributed by atoms with van der Waals surface area (Å²) in [6, 6.07) is 10.3. The Labute approximate surface area is 174 Å². The molecule has 3 heterocycles. The fraction of sp³-hybridized carbons (Fsp3) is 0.350. The second kappa shape index (κ2) is 7.42. The minimum atomic E-state index is -0.279. The molecular formula is C20H20BrN5OS. The van der Waals surface area contributed by atoms with Crippen LogP contribution in [0.2, 0.25) is 0 Å². The van der Waals surface area contributed by atoms with Crippen LogP contribution in [0.4, 0.5) is 5.13 Å². The highest BCUT2D eigenvalue weighted by Crippen LogP contribution is 2.30. The third-order valence-electron chi connectivity index (χ3n) is 5.28. The highest BCUT2D eigenvalue weighted by atomic mass is 79.9. The zero-order chi connectivity index (χ0) is 19.1. The number of nitrogens with one attached hydrogen (secondary N) is 1. The van der Waals surface area contributed by atoms with Gasteiger partial charge in [0.15, 0.2) is 10.8 Å². The molecule has 8 heteroatoms. The number of hydrogen-bond acceptors (Lipinski definition) is 6. The number of aromatic nitrogens is 4. The van der Waals surface area contributed by atoms with Crippen molar-refractivity contribution in [2.24, 2.45) is 0 Å². The number of nitrogens with zero attached hydrogens (tertiary/aromatic N) is 4. The number of aliphatic hydroxyl groups excluding tert-OH is 1. The molecule has 5 rings (SSSR count). The van der Waals surface area contributed by atoms with E-state index in [1.807, 2.05) is 22.8 Å². The fourth-order valence-electron chi connectivity index (χ4n) is 3.81. The van der Waals surface area contributed by atoms with Gasteiger partial charge in [0.05, 0.1) is 34.3 Å². The second-order valence-corrected chi connectivity index (χ2v) is 9.12. The number of imidazole rings is 1. The molecule has 0 bridgehead atoms. The van der Waals surface area contributed by atoms with Gasteiger partial charge < -0.3 is 10.4 Å². The number of anilines is 1. The number of halogens is 1. The molecule has 0 aliphatic heterocycles. The van der Waals surface area contributed by atoms with E-state index < -0.39 is 0 Å². The molecule has 1 unspecified atom stereocenters. The Morgan fingerprint density at radius 3 is 3.00 bits per heavy atom. The average molecular weight is 458 g/mol. The molecule has 0 spiro atoms. The molecule has 28 heavy (non-hydrogen) atoms. The molecular weight excluding hydrogens is 438 g/mol. The van der Waals surface area contributed by atoms with E-state index in [4.69, 9.17) is 4.98 Å². The van der Waals surface area contributed by atoms with E-state index >= 15 is 0 Å². The average Bonchev–Trinajstić information content (AvgIpc) is 3.27. The lowest BCUT2D eigenvalue weighted by molar-refractivity contribution is 0.116. The summed E-state index contributed by atoms with van der Waals surface area (Å²) in [6.07, 6.45) is 6.49. The first-order chi connectivity index (χ1) is 13.7. The van der Waals surface area contributed by atoms with Crippen LogP contribution in [0.3, 0.4) is 0 Å². The Bertz CT molecular complexity index is 1140. The van der Waals surface area contributed by atoms with E-state index in [1.165, 1.54) is 5.56 Å². The second-order valence-electron chi connectivity index (χ2n) is 7.28. The quantitative estimate of drug-likeness (QED) is 0.474. The van der Waals surface area contributed by atoms with Crippen molar-refractivity contribution < 1.29 is 5.11 Å². The van der Waals surface area contributed by atoms with Crippen LogP contribution in [0.15, 0.2) is 41.1 Å². The van der Waals surface area contributed by atoms with Crippen molar-refractivity contribution >= 4 is 48.3 Å².